The van der Waals surface area contributed by atoms with Crippen LogP contribution in [-0.4, -0.2) is 54.8 Å². The Morgan fingerprint density at radius 2 is 2.26 bits per heavy atom. The summed E-state index contributed by atoms with van der Waals surface area (Å²) in [7, 11) is 0. The minimum Gasteiger partial charge on any atom is -0.370 e. The minimum absolute atomic E-state index is 0.0163. The SMILES string of the molecule is CC(C)n1cc(C(=O)N2CC[C@H]3OCc4cnnn4[C@@H]3C2)cn1. The van der Waals surface area contributed by atoms with E-state index in [0.29, 0.717) is 25.3 Å². The zero-order chi connectivity index (χ0) is 16.0. The molecule has 0 saturated carbocycles. The van der Waals surface area contributed by atoms with Crippen LogP contribution in [0.1, 0.15) is 48.4 Å². The quantitative estimate of drug-likeness (QED) is 0.827. The third-order valence-corrected chi connectivity index (χ3v) is 4.59. The molecule has 8 nitrogen and oxygen atoms in total. The first kappa shape index (κ1) is 14.4. The van der Waals surface area contributed by atoms with Crippen LogP contribution in [0.2, 0.25) is 0 Å². The largest absolute Gasteiger partial charge is 0.370 e. The molecule has 8 heteroatoms. The highest BCUT2D eigenvalue weighted by Crippen LogP contribution is 2.30. The molecule has 2 aromatic heterocycles. The molecule has 1 fully saturated rings. The molecule has 0 radical (unpaired) electrons. The lowest BCUT2D eigenvalue weighted by Gasteiger charge is -2.40. The van der Waals surface area contributed by atoms with E-state index in [2.05, 4.69) is 15.4 Å². The summed E-state index contributed by atoms with van der Waals surface area (Å²) in [5.41, 5.74) is 1.60. The van der Waals surface area contributed by atoms with Gasteiger partial charge in [-0.2, -0.15) is 5.10 Å². The molecule has 0 N–H and O–H groups in total. The second-order valence-electron chi connectivity index (χ2n) is 6.43. The van der Waals surface area contributed by atoms with Gasteiger partial charge in [-0.25, -0.2) is 4.68 Å². The molecule has 122 valence electrons. The van der Waals surface area contributed by atoms with Crippen molar-refractivity contribution in [1.82, 2.24) is 29.7 Å². The fraction of sp³-hybridized carbons (Fsp3) is 0.600. The van der Waals surface area contributed by atoms with Crippen LogP contribution in [0, 0.1) is 0 Å². The lowest BCUT2D eigenvalue weighted by atomic mass is 10.00. The molecule has 0 aliphatic carbocycles. The number of aromatic nitrogens is 5. The lowest BCUT2D eigenvalue weighted by molar-refractivity contribution is -0.0605. The van der Waals surface area contributed by atoms with Gasteiger partial charge in [0.25, 0.3) is 5.91 Å². The highest BCUT2D eigenvalue weighted by molar-refractivity contribution is 5.93. The Morgan fingerprint density at radius 3 is 3.04 bits per heavy atom. The Hall–Kier alpha value is -2.22. The first-order valence-corrected chi connectivity index (χ1v) is 7.97. The van der Waals surface area contributed by atoms with Gasteiger partial charge in [-0.3, -0.25) is 9.48 Å². The lowest BCUT2D eigenvalue weighted by Crippen LogP contribution is -2.49. The summed E-state index contributed by atoms with van der Waals surface area (Å²) in [6.45, 7) is 5.91. The van der Waals surface area contributed by atoms with Crippen molar-refractivity contribution in [2.75, 3.05) is 13.1 Å². The zero-order valence-electron chi connectivity index (χ0n) is 13.3. The molecular weight excluding hydrogens is 296 g/mol. The van der Waals surface area contributed by atoms with E-state index in [1.807, 2.05) is 29.6 Å². The van der Waals surface area contributed by atoms with Crippen molar-refractivity contribution in [3.63, 3.8) is 0 Å². The highest BCUT2D eigenvalue weighted by Gasteiger charge is 2.38. The van der Waals surface area contributed by atoms with Crippen LogP contribution in [0.5, 0.6) is 0 Å². The van der Waals surface area contributed by atoms with Crippen LogP contribution in [0.3, 0.4) is 0 Å². The molecule has 0 aromatic carbocycles. The average molecular weight is 316 g/mol. The normalized spacial score (nSPS) is 23.7. The number of piperidine rings is 1. The number of amides is 1. The predicted octanol–water partition coefficient (Wildman–Crippen LogP) is 1.04. The van der Waals surface area contributed by atoms with E-state index in [-0.39, 0.29) is 24.1 Å². The number of hydrogen-bond donors (Lipinski definition) is 0. The van der Waals surface area contributed by atoms with Crippen LogP contribution in [0.25, 0.3) is 0 Å². The number of carbonyl (C=O) groups excluding carboxylic acids is 1. The topological polar surface area (TPSA) is 78.1 Å². The summed E-state index contributed by atoms with van der Waals surface area (Å²) >= 11 is 0. The number of fused-ring (bicyclic) bond motifs is 3. The third-order valence-electron chi connectivity index (χ3n) is 4.59. The number of rotatable bonds is 2. The molecule has 0 bridgehead atoms. The molecule has 2 atom stereocenters. The predicted molar refractivity (Wildman–Crippen MR) is 80.8 cm³/mol. The summed E-state index contributed by atoms with van der Waals surface area (Å²) in [5.74, 6) is 0.0163. The number of carbonyl (C=O) groups is 1. The molecule has 2 aliphatic rings. The molecule has 1 saturated heterocycles. The molecule has 0 spiro atoms. The van der Waals surface area contributed by atoms with Gasteiger partial charge in [-0.15, -0.1) is 5.10 Å². The highest BCUT2D eigenvalue weighted by atomic mass is 16.5. The maximum atomic E-state index is 12.7. The van der Waals surface area contributed by atoms with Crippen molar-refractivity contribution in [2.45, 2.75) is 45.1 Å². The average Bonchev–Trinajstić information content (AvgIpc) is 3.22. The van der Waals surface area contributed by atoms with Crippen molar-refractivity contribution in [1.29, 1.82) is 0 Å². The fourth-order valence-electron chi connectivity index (χ4n) is 3.28. The van der Waals surface area contributed by atoms with Crippen molar-refractivity contribution in [3.05, 3.63) is 29.8 Å². The van der Waals surface area contributed by atoms with E-state index in [0.717, 1.165) is 12.1 Å². The van der Waals surface area contributed by atoms with Gasteiger partial charge >= 0.3 is 0 Å². The van der Waals surface area contributed by atoms with Crippen molar-refractivity contribution in [3.8, 4) is 0 Å². The maximum absolute atomic E-state index is 12.7. The Bertz CT molecular complexity index is 721. The fourth-order valence-corrected chi connectivity index (χ4v) is 3.28. The van der Waals surface area contributed by atoms with Gasteiger partial charge in [0, 0.05) is 25.3 Å². The van der Waals surface area contributed by atoms with Gasteiger partial charge in [-0.05, 0) is 20.3 Å². The summed E-state index contributed by atoms with van der Waals surface area (Å²) in [4.78, 5) is 14.6. The maximum Gasteiger partial charge on any atom is 0.257 e. The molecule has 0 unspecified atom stereocenters. The Balaban J connectivity index is 1.54. The number of nitrogens with zero attached hydrogens (tertiary/aromatic N) is 6. The van der Waals surface area contributed by atoms with Crippen LogP contribution < -0.4 is 0 Å². The van der Waals surface area contributed by atoms with Crippen LogP contribution in [-0.2, 0) is 11.3 Å². The molecule has 2 aromatic rings. The molecule has 1 amide bonds. The summed E-state index contributed by atoms with van der Waals surface area (Å²) in [5, 5.41) is 12.4. The van der Waals surface area contributed by atoms with Crippen LogP contribution in [0.15, 0.2) is 18.6 Å². The van der Waals surface area contributed by atoms with E-state index in [9.17, 15) is 4.79 Å². The van der Waals surface area contributed by atoms with E-state index in [1.54, 1.807) is 17.1 Å². The minimum atomic E-state index is 0.0163. The second kappa shape index (κ2) is 5.45. The van der Waals surface area contributed by atoms with Gasteiger partial charge in [0.2, 0.25) is 0 Å². The number of ether oxygens (including phenoxy) is 1. The summed E-state index contributed by atoms with van der Waals surface area (Å²) in [6.07, 6.45) is 6.11. The molecule has 23 heavy (non-hydrogen) atoms. The second-order valence-corrected chi connectivity index (χ2v) is 6.43. The first-order valence-electron chi connectivity index (χ1n) is 7.97. The third kappa shape index (κ3) is 2.42. The van der Waals surface area contributed by atoms with E-state index in [4.69, 9.17) is 4.74 Å². The van der Waals surface area contributed by atoms with E-state index < -0.39 is 0 Å². The van der Waals surface area contributed by atoms with Crippen LogP contribution in [0.4, 0.5) is 0 Å². The first-order chi connectivity index (χ1) is 11.1. The molecular formula is C15H20N6O2. The van der Waals surface area contributed by atoms with Gasteiger partial charge < -0.3 is 9.64 Å². The monoisotopic (exact) mass is 316 g/mol. The van der Waals surface area contributed by atoms with E-state index >= 15 is 0 Å². The van der Waals surface area contributed by atoms with Crippen molar-refractivity contribution < 1.29 is 9.53 Å². The van der Waals surface area contributed by atoms with Gasteiger partial charge in [0.1, 0.15) is 0 Å². The van der Waals surface area contributed by atoms with Crippen molar-refractivity contribution in [2.24, 2.45) is 0 Å². The summed E-state index contributed by atoms with van der Waals surface area (Å²) < 4.78 is 9.59. The molecule has 4 rings (SSSR count). The van der Waals surface area contributed by atoms with Gasteiger partial charge in [0.05, 0.1) is 42.4 Å². The standard InChI is InChI=1S/C15H20N6O2/c1-10(2)20-7-11(5-17-20)15(22)19-4-3-14-13(8-19)21-12(9-23-14)6-16-18-21/h5-7,10,13-14H,3-4,8-9H2,1-2H3/t13-,14-/m1/s1. The van der Waals surface area contributed by atoms with Gasteiger partial charge in [-0.1, -0.05) is 5.21 Å². The Labute approximate surface area is 134 Å². The summed E-state index contributed by atoms with van der Waals surface area (Å²) in [6, 6.07) is 0.283. The van der Waals surface area contributed by atoms with Gasteiger partial charge in [0.15, 0.2) is 0 Å². The molecule has 2 aliphatic heterocycles. The molecule has 4 heterocycles. The number of likely N-dealkylation sites (tertiary alicyclic amines) is 1. The van der Waals surface area contributed by atoms with E-state index in [1.165, 1.54) is 0 Å². The smallest absolute Gasteiger partial charge is 0.257 e. The van der Waals surface area contributed by atoms with Crippen LogP contribution >= 0.6 is 0 Å². The Kier molecular flexibility index (Phi) is 3.41. The zero-order valence-corrected chi connectivity index (χ0v) is 13.3. The Morgan fingerprint density at radius 1 is 1.39 bits per heavy atom. The number of hydrogen-bond acceptors (Lipinski definition) is 5. The van der Waals surface area contributed by atoms with Crippen molar-refractivity contribution >= 4 is 5.91 Å².